The molecule has 0 unspecified atom stereocenters. The summed E-state index contributed by atoms with van der Waals surface area (Å²) < 4.78 is 5.31. The average molecular weight is 216 g/mol. The Hall–Kier alpha value is -0.770. The van der Waals surface area contributed by atoms with Crippen molar-refractivity contribution in [1.82, 2.24) is 4.90 Å². The molecule has 0 aromatic heterocycles. The fourth-order valence-corrected chi connectivity index (χ4v) is 1.23. The Morgan fingerprint density at radius 2 is 1.73 bits per heavy atom. The van der Waals surface area contributed by atoms with Gasteiger partial charge in [0.05, 0.1) is 5.54 Å². The maximum atomic E-state index is 11.8. The van der Waals surface area contributed by atoms with Gasteiger partial charge in [0.15, 0.2) is 0 Å². The van der Waals surface area contributed by atoms with E-state index in [4.69, 9.17) is 10.5 Å². The third-order valence-electron chi connectivity index (χ3n) is 2.16. The third kappa shape index (κ3) is 4.51. The van der Waals surface area contributed by atoms with Gasteiger partial charge in [-0.1, -0.05) is 0 Å². The molecule has 15 heavy (non-hydrogen) atoms. The molecule has 0 saturated carbocycles. The Kier molecular flexibility index (Phi) is 4.59. The van der Waals surface area contributed by atoms with E-state index < -0.39 is 5.60 Å². The SMILES string of the molecule is CCN(C(=O)OC(C)(C)C)C(C)(C)CN. The number of carbonyl (C=O) groups is 1. The van der Waals surface area contributed by atoms with Crippen molar-refractivity contribution in [3.8, 4) is 0 Å². The summed E-state index contributed by atoms with van der Waals surface area (Å²) in [7, 11) is 0. The molecule has 0 rings (SSSR count). The Labute approximate surface area is 92.8 Å². The highest BCUT2D eigenvalue weighted by Crippen LogP contribution is 2.17. The van der Waals surface area contributed by atoms with Gasteiger partial charge in [-0.3, -0.25) is 0 Å². The van der Waals surface area contributed by atoms with E-state index in [1.165, 1.54) is 0 Å². The molecule has 0 heterocycles. The van der Waals surface area contributed by atoms with Crippen LogP contribution in [-0.4, -0.2) is 35.2 Å². The molecule has 4 nitrogen and oxygen atoms in total. The molecule has 0 aliphatic heterocycles. The predicted octanol–water partition coefficient (Wildman–Crippen LogP) is 1.98. The van der Waals surface area contributed by atoms with Crippen LogP contribution >= 0.6 is 0 Å². The van der Waals surface area contributed by atoms with Gasteiger partial charge in [0, 0.05) is 13.1 Å². The van der Waals surface area contributed by atoms with Crippen LogP contribution in [0.4, 0.5) is 4.79 Å². The highest BCUT2D eigenvalue weighted by atomic mass is 16.6. The van der Waals surface area contributed by atoms with Crippen molar-refractivity contribution in [3.63, 3.8) is 0 Å². The molecule has 4 heteroatoms. The fraction of sp³-hybridized carbons (Fsp3) is 0.909. The molecule has 0 bridgehead atoms. The van der Waals surface area contributed by atoms with E-state index in [-0.39, 0.29) is 11.6 Å². The second kappa shape index (κ2) is 4.84. The Morgan fingerprint density at radius 3 is 2.00 bits per heavy atom. The highest BCUT2D eigenvalue weighted by Gasteiger charge is 2.31. The summed E-state index contributed by atoms with van der Waals surface area (Å²) in [6.07, 6.45) is -0.305. The van der Waals surface area contributed by atoms with E-state index in [9.17, 15) is 4.79 Å². The molecular formula is C11H24N2O2. The molecule has 0 radical (unpaired) electrons. The quantitative estimate of drug-likeness (QED) is 0.784. The molecule has 1 amide bonds. The standard InChI is InChI=1S/C11H24N2O2/c1-7-13(11(5,6)8-12)9(14)15-10(2,3)4/h7-8,12H2,1-6H3. The summed E-state index contributed by atoms with van der Waals surface area (Å²) in [5.41, 5.74) is 4.81. The molecule has 0 aliphatic carbocycles. The first-order valence-electron chi connectivity index (χ1n) is 5.34. The average Bonchev–Trinajstić information content (AvgIpc) is 2.01. The molecule has 0 aliphatic rings. The maximum absolute atomic E-state index is 11.8. The number of carbonyl (C=O) groups excluding carboxylic acids is 1. The van der Waals surface area contributed by atoms with E-state index >= 15 is 0 Å². The van der Waals surface area contributed by atoms with Crippen molar-refractivity contribution in [2.45, 2.75) is 52.7 Å². The monoisotopic (exact) mass is 216 g/mol. The van der Waals surface area contributed by atoms with Crippen LogP contribution < -0.4 is 5.73 Å². The van der Waals surface area contributed by atoms with Gasteiger partial charge in [-0.15, -0.1) is 0 Å². The Morgan fingerprint density at radius 1 is 1.27 bits per heavy atom. The predicted molar refractivity (Wildman–Crippen MR) is 61.7 cm³/mol. The minimum Gasteiger partial charge on any atom is -0.444 e. The maximum Gasteiger partial charge on any atom is 0.410 e. The first-order valence-corrected chi connectivity index (χ1v) is 5.34. The second-order valence-corrected chi connectivity index (χ2v) is 5.24. The van der Waals surface area contributed by atoms with Crippen molar-refractivity contribution >= 4 is 6.09 Å². The van der Waals surface area contributed by atoms with Gasteiger partial charge in [-0.2, -0.15) is 0 Å². The number of hydrogen-bond donors (Lipinski definition) is 1. The number of ether oxygens (including phenoxy) is 1. The fourth-order valence-electron chi connectivity index (χ4n) is 1.23. The second-order valence-electron chi connectivity index (χ2n) is 5.24. The summed E-state index contributed by atoms with van der Waals surface area (Å²) in [5.74, 6) is 0. The van der Waals surface area contributed by atoms with E-state index in [1.54, 1.807) is 4.90 Å². The van der Waals surface area contributed by atoms with Gasteiger partial charge in [0.1, 0.15) is 5.60 Å². The van der Waals surface area contributed by atoms with Gasteiger partial charge in [-0.05, 0) is 41.5 Å². The van der Waals surface area contributed by atoms with Crippen molar-refractivity contribution in [2.75, 3.05) is 13.1 Å². The van der Waals surface area contributed by atoms with Crippen molar-refractivity contribution < 1.29 is 9.53 Å². The van der Waals surface area contributed by atoms with Crippen LogP contribution in [0.5, 0.6) is 0 Å². The number of likely N-dealkylation sites (N-methyl/N-ethyl adjacent to an activating group) is 1. The minimum atomic E-state index is -0.463. The lowest BCUT2D eigenvalue weighted by atomic mass is 10.0. The highest BCUT2D eigenvalue weighted by molar-refractivity contribution is 5.69. The lowest BCUT2D eigenvalue weighted by Gasteiger charge is -2.37. The molecular weight excluding hydrogens is 192 g/mol. The van der Waals surface area contributed by atoms with Crippen LogP contribution in [0.15, 0.2) is 0 Å². The van der Waals surface area contributed by atoms with Crippen LogP contribution in [0, 0.1) is 0 Å². The zero-order valence-electron chi connectivity index (χ0n) is 10.8. The van der Waals surface area contributed by atoms with Gasteiger partial charge < -0.3 is 15.4 Å². The summed E-state index contributed by atoms with van der Waals surface area (Å²) in [4.78, 5) is 13.5. The summed E-state index contributed by atoms with van der Waals surface area (Å²) in [6, 6.07) is 0. The zero-order valence-corrected chi connectivity index (χ0v) is 10.8. The van der Waals surface area contributed by atoms with E-state index in [1.807, 2.05) is 41.5 Å². The molecule has 90 valence electrons. The van der Waals surface area contributed by atoms with Crippen molar-refractivity contribution in [2.24, 2.45) is 5.73 Å². The molecule has 0 fully saturated rings. The van der Waals surface area contributed by atoms with E-state index in [0.29, 0.717) is 13.1 Å². The molecule has 2 N–H and O–H groups in total. The zero-order chi connectivity index (χ0) is 12.3. The van der Waals surface area contributed by atoms with Gasteiger partial charge >= 0.3 is 6.09 Å². The number of nitrogens with two attached hydrogens (primary N) is 1. The van der Waals surface area contributed by atoms with Crippen LogP contribution in [-0.2, 0) is 4.74 Å². The molecule has 0 saturated heterocycles. The lowest BCUT2D eigenvalue weighted by molar-refractivity contribution is 0.00626. The molecule has 0 spiro atoms. The van der Waals surface area contributed by atoms with Gasteiger partial charge in [-0.25, -0.2) is 4.79 Å². The Balaban J connectivity index is 4.63. The van der Waals surface area contributed by atoms with E-state index in [2.05, 4.69) is 0 Å². The number of rotatable bonds is 3. The van der Waals surface area contributed by atoms with Crippen molar-refractivity contribution in [3.05, 3.63) is 0 Å². The number of hydrogen-bond acceptors (Lipinski definition) is 3. The number of amides is 1. The molecule has 0 aromatic rings. The normalized spacial score (nSPS) is 12.5. The minimum absolute atomic E-state index is 0.305. The number of nitrogens with zero attached hydrogens (tertiary/aromatic N) is 1. The third-order valence-corrected chi connectivity index (χ3v) is 2.16. The molecule has 0 aromatic carbocycles. The van der Waals surface area contributed by atoms with Crippen LogP contribution in [0.1, 0.15) is 41.5 Å². The van der Waals surface area contributed by atoms with Crippen LogP contribution in [0.2, 0.25) is 0 Å². The molecule has 0 atom stereocenters. The van der Waals surface area contributed by atoms with Crippen LogP contribution in [0.3, 0.4) is 0 Å². The van der Waals surface area contributed by atoms with Gasteiger partial charge in [0.25, 0.3) is 0 Å². The summed E-state index contributed by atoms with van der Waals surface area (Å²) in [6.45, 7) is 12.4. The largest absolute Gasteiger partial charge is 0.444 e. The van der Waals surface area contributed by atoms with E-state index in [0.717, 1.165) is 0 Å². The first-order chi connectivity index (χ1) is 6.64. The lowest BCUT2D eigenvalue weighted by Crippen LogP contribution is -2.53. The van der Waals surface area contributed by atoms with Gasteiger partial charge in [0.2, 0.25) is 0 Å². The van der Waals surface area contributed by atoms with Crippen LogP contribution in [0.25, 0.3) is 0 Å². The Bertz CT molecular complexity index is 219. The first kappa shape index (κ1) is 14.2. The smallest absolute Gasteiger partial charge is 0.410 e. The van der Waals surface area contributed by atoms with Crippen molar-refractivity contribution in [1.29, 1.82) is 0 Å². The topological polar surface area (TPSA) is 55.6 Å². The summed E-state index contributed by atoms with van der Waals surface area (Å²) in [5, 5.41) is 0. The summed E-state index contributed by atoms with van der Waals surface area (Å²) >= 11 is 0.